The Kier molecular flexibility index (Phi) is 5.82. The predicted molar refractivity (Wildman–Crippen MR) is 106 cm³/mol. The van der Waals surface area contributed by atoms with E-state index in [1.807, 2.05) is 38.1 Å². The monoisotopic (exact) mass is 387 g/mol. The fourth-order valence-electron chi connectivity index (χ4n) is 2.95. The number of anilines is 1. The van der Waals surface area contributed by atoms with Gasteiger partial charge in [-0.05, 0) is 56.9 Å². The van der Waals surface area contributed by atoms with Crippen LogP contribution in [0, 0.1) is 5.82 Å². The molecule has 2 unspecified atom stereocenters. The van der Waals surface area contributed by atoms with E-state index in [2.05, 4.69) is 10.6 Å². The zero-order valence-corrected chi connectivity index (χ0v) is 16.3. The van der Waals surface area contributed by atoms with Gasteiger partial charge in [0.05, 0.1) is 17.0 Å². The number of nitrogens with one attached hydrogen (secondary N) is 2. The van der Waals surface area contributed by atoms with Gasteiger partial charge < -0.3 is 15.5 Å². The molecule has 27 heavy (non-hydrogen) atoms. The number of thioether (sulfide) groups is 1. The molecular weight excluding hydrogens is 365 g/mol. The number of halogens is 1. The van der Waals surface area contributed by atoms with Gasteiger partial charge >= 0.3 is 0 Å². The van der Waals surface area contributed by atoms with E-state index in [1.54, 1.807) is 18.2 Å². The van der Waals surface area contributed by atoms with Gasteiger partial charge in [-0.25, -0.2) is 4.39 Å². The lowest BCUT2D eigenvalue weighted by molar-refractivity contribution is -0.115. The first-order valence-electron chi connectivity index (χ1n) is 8.67. The third-order valence-electron chi connectivity index (χ3n) is 4.49. The van der Waals surface area contributed by atoms with E-state index in [4.69, 9.17) is 0 Å². The largest absolute Gasteiger partial charge is 0.350 e. The first-order chi connectivity index (χ1) is 12.8. The van der Waals surface area contributed by atoms with Crippen LogP contribution in [0.2, 0.25) is 0 Å². The maximum absolute atomic E-state index is 13.5. The fraction of sp³-hybridized carbons (Fsp3) is 0.300. The number of benzene rings is 2. The molecule has 1 heterocycles. The van der Waals surface area contributed by atoms with Gasteiger partial charge in [0.15, 0.2) is 0 Å². The van der Waals surface area contributed by atoms with E-state index in [0.29, 0.717) is 17.8 Å². The average Bonchev–Trinajstić information content (AvgIpc) is 2.62. The molecule has 0 aromatic heterocycles. The number of fused-ring (bicyclic) bond motifs is 1. The summed E-state index contributed by atoms with van der Waals surface area (Å²) in [5, 5.41) is 5.58. The van der Waals surface area contributed by atoms with Crippen molar-refractivity contribution in [2.75, 3.05) is 26.0 Å². The zero-order valence-electron chi connectivity index (χ0n) is 15.5. The summed E-state index contributed by atoms with van der Waals surface area (Å²) in [7, 11) is 3.77. The minimum absolute atomic E-state index is 0.0659. The fourth-order valence-corrected chi connectivity index (χ4v) is 3.88. The molecule has 2 N–H and O–H groups in total. The zero-order chi connectivity index (χ0) is 19.6. The number of hydrogen-bond donors (Lipinski definition) is 2. The van der Waals surface area contributed by atoms with E-state index >= 15 is 0 Å². The molecule has 3 rings (SSSR count). The molecule has 7 heteroatoms. The van der Waals surface area contributed by atoms with Gasteiger partial charge in [0.25, 0.3) is 5.91 Å². The first kappa shape index (κ1) is 19.4. The highest BCUT2D eigenvalue weighted by atomic mass is 32.2. The third-order valence-corrected chi connectivity index (χ3v) is 5.66. The van der Waals surface area contributed by atoms with Gasteiger partial charge in [-0.3, -0.25) is 9.59 Å². The van der Waals surface area contributed by atoms with Gasteiger partial charge in [0.2, 0.25) is 5.91 Å². The lowest BCUT2D eigenvalue weighted by Crippen LogP contribution is -2.34. The number of likely N-dealkylation sites (N-methyl/N-ethyl adjacent to an activating group) is 1. The lowest BCUT2D eigenvalue weighted by Gasteiger charge is -2.25. The molecule has 2 atom stereocenters. The van der Waals surface area contributed by atoms with Crippen LogP contribution in [0.25, 0.3) is 0 Å². The summed E-state index contributed by atoms with van der Waals surface area (Å²) in [6.07, 6.45) is 0. The van der Waals surface area contributed by atoms with Crippen molar-refractivity contribution in [2.24, 2.45) is 0 Å². The molecule has 142 valence electrons. The second-order valence-corrected chi connectivity index (χ2v) is 8.09. The highest BCUT2D eigenvalue weighted by Crippen LogP contribution is 2.35. The molecule has 0 fully saturated rings. The molecule has 0 radical (unpaired) electrons. The summed E-state index contributed by atoms with van der Waals surface area (Å²) in [4.78, 5) is 27.3. The number of hydrogen-bond acceptors (Lipinski definition) is 4. The van der Waals surface area contributed by atoms with Crippen LogP contribution in [0.4, 0.5) is 10.1 Å². The summed E-state index contributed by atoms with van der Waals surface area (Å²) >= 11 is 1.48. The van der Waals surface area contributed by atoms with Gasteiger partial charge in [0, 0.05) is 17.0 Å². The standard InChI is InChI=1S/C20H22FN3O2S/c1-12-19(25)23-16-10-14(7-8-18(16)27-12)20(26)22-11-17(24(2)3)13-5-4-6-15(21)9-13/h4-10,12,17H,11H2,1-3H3,(H,22,26)(H,23,25). The Balaban J connectivity index is 1.71. The van der Waals surface area contributed by atoms with E-state index in [9.17, 15) is 14.0 Å². The maximum Gasteiger partial charge on any atom is 0.251 e. The Morgan fingerprint density at radius 2 is 2.07 bits per heavy atom. The molecule has 1 aliphatic rings. The van der Waals surface area contributed by atoms with E-state index in [-0.39, 0.29) is 28.9 Å². The minimum Gasteiger partial charge on any atom is -0.350 e. The summed E-state index contributed by atoms with van der Waals surface area (Å²) < 4.78 is 13.5. The molecule has 1 aliphatic heterocycles. The normalized spacial score (nSPS) is 17.2. The van der Waals surface area contributed by atoms with Crippen LogP contribution in [0.5, 0.6) is 0 Å². The van der Waals surface area contributed by atoms with E-state index in [0.717, 1.165) is 10.5 Å². The van der Waals surface area contributed by atoms with Gasteiger partial charge in [0.1, 0.15) is 5.82 Å². The molecule has 2 aromatic rings. The highest BCUT2D eigenvalue weighted by molar-refractivity contribution is 8.00. The average molecular weight is 387 g/mol. The molecule has 0 bridgehead atoms. The molecule has 2 aromatic carbocycles. The number of rotatable bonds is 5. The molecule has 0 aliphatic carbocycles. The Hall–Kier alpha value is -2.38. The molecule has 0 saturated heterocycles. The Morgan fingerprint density at radius 3 is 2.78 bits per heavy atom. The van der Waals surface area contributed by atoms with Crippen LogP contribution in [0.15, 0.2) is 47.4 Å². The number of carbonyl (C=O) groups excluding carboxylic acids is 2. The first-order valence-corrected chi connectivity index (χ1v) is 9.55. The predicted octanol–water partition coefficient (Wildman–Crippen LogP) is 3.29. The Labute approximate surface area is 162 Å². The third kappa shape index (κ3) is 4.48. The van der Waals surface area contributed by atoms with Crippen molar-refractivity contribution in [1.29, 1.82) is 0 Å². The molecule has 5 nitrogen and oxygen atoms in total. The SMILES string of the molecule is CC1Sc2ccc(C(=O)NCC(c3cccc(F)c3)N(C)C)cc2NC1=O. The summed E-state index contributed by atoms with van der Waals surface area (Å²) in [6, 6.07) is 11.5. The minimum atomic E-state index is -0.303. The maximum atomic E-state index is 13.5. The van der Waals surface area contributed by atoms with Crippen LogP contribution in [0.1, 0.15) is 28.9 Å². The van der Waals surface area contributed by atoms with Crippen molar-refractivity contribution in [2.45, 2.75) is 23.1 Å². The molecule has 0 spiro atoms. The topological polar surface area (TPSA) is 61.4 Å². The van der Waals surface area contributed by atoms with Crippen molar-refractivity contribution in [3.8, 4) is 0 Å². The second-order valence-electron chi connectivity index (χ2n) is 6.70. The van der Waals surface area contributed by atoms with Gasteiger partial charge in [-0.15, -0.1) is 11.8 Å². The Morgan fingerprint density at radius 1 is 1.30 bits per heavy atom. The van der Waals surface area contributed by atoms with Crippen LogP contribution in [-0.2, 0) is 4.79 Å². The summed E-state index contributed by atoms with van der Waals surface area (Å²) in [6.45, 7) is 2.18. The smallest absolute Gasteiger partial charge is 0.251 e. The summed E-state index contributed by atoms with van der Waals surface area (Å²) in [5.74, 6) is -0.606. The van der Waals surface area contributed by atoms with Crippen molar-refractivity contribution >= 4 is 29.3 Å². The highest BCUT2D eigenvalue weighted by Gasteiger charge is 2.24. The number of nitrogens with zero attached hydrogens (tertiary/aromatic N) is 1. The van der Waals surface area contributed by atoms with E-state index in [1.165, 1.54) is 23.9 Å². The Bertz CT molecular complexity index is 872. The quantitative estimate of drug-likeness (QED) is 0.827. The van der Waals surface area contributed by atoms with Gasteiger partial charge in [-0.2, -0.15) is 0 Å². The second kappa shape index (κ2) is 8.10. The van der Waals surface area contributed by atoms with Crippen molar-refractivity contribution in [1.82, 2.24) is 10.2 Å². The van der Waals surface area contributed by atoms with Crippen molar-refractivity contribution < 1.29 is 14.0 Å². The number of amides is 2. The lowest BCUT2D eigenvalue weighted by atomic mass is 10.1. The van der Waals surface area contributed by atoms with Crippen LogP contribution in [-0.4, -0.2) is 42.6 Å². The molecule has 2 amide bonds. The van der Waals surface area contributed by atoms with Crippen molar-refractivity contribution in [3.63, 3.8) is 0 Å². The van der Waals surface area contributed by atoms with E-state index < -0.39 is 0 Å². The van der Waals surface area contributed by atoms with Crippen molar-refractivity contribution in [3.05, 3.63) is 59.4 Å². The summed E-state index contributed by atoms with van der Waals surface area (Å²) in [5.41, 5.74) is 1.93. The van der Waals surface area contributed by atoms with Crippen LogP contribution < -0.4 is 10.6 Å². The van der Waals surface area contributed by atoms with Crippen LogP contribution in [0.3, 0.4) is 0 Å². The van der Waals surface area contributed by atoms with Crippen LogP contribution >= 0.6 is 11.8 Å². The molecule has 0 saturated carbocycles. The number of carbonyl (C=O) groups is 2. The molecular formula is C20H22FN3O2S. The van der Waals surface area contributed by atoms with Gasteiger partial charge in [-0.1, -0.05) is 12.1 Å².